The Kier molecular flexibility index (Phi) is 3.78. The summed E-state index contributed by atoms with van der Waals surface area (Å²) in [5, 5.41) is 0. The highest BCUT2D eigenvalue weighted by Crippen LogP contribution is 2.26. The van der Waals surface area contributed by atoms with Gasteiger partial charge < -0.3 is 10.5 Å². The van der Waals surface area contributed by atoms with Crippen molar-refractivity contribution in [3.05, 3.63) is 23.9 Å². The summed E-state index contributed by atoms with van der Waals surface area (Å²) in [6.07, 6.45) is 7.15. The van der Waals surface area contributed by atoms with Crippen molar-refractivity contribution in [2.45, 2.75) is 45.3 Å². The van der Waals surface area contributed by atoms with Gasteiger partial charge in [-0.15, -0.1) is 0 Å². The number of hydrogen-bond donors (Lipinski definition) is 1. The molecule has 0 bridgehead atoms. The first-order valence-corrected chi connectivity index (χ1v) is 6.06. The molecule has 0 atom stereocenters. The lowest BCUT2D eigenvalue weighted by atomic mass is 9.89. The number of rotatable bonds is 3. The molecule has 1 aliphatic rings. The van der Waals surface area contributed by atoms with Gasteiger partial charge in [0.1, 0.15) is 5.82 Å². The van der Waals surface area contributed by atoms with Crippen LogP contribution in [0.5, 0.6) is 0 Å². The SMILES string of the molecule is CC1CCC(OCc2ccnc(N)c2)CC1. The Morgan fingerprint density at radius 3 is 2.81 bits per heavy atom. The third kappa shape index (κ3) is 3.20. The van der Waals surface area contributed by atoms with E-state index in [1.54, 1.807) is 6.20 Å². The summed E-state index contributed by atoms with van der Waals surface area (Å²) in [7, 11) is 0. The summed E-state index contributed by atoms with van der Waals surface area (Å²) in [5.41, 5.74) is 6.74. The second kappa shape index (κ2) is 5.30. The molecule has 1 saturated carbocycles. The van der Waals surface area contributed by atoms with Gasteiger partial charge in [-0.05, 0) is 49.3 Å². The molecule has 3 heteroatoms. The minimum atomic E-state index is 0.436. The fraction of sp³-hybridized carbons (Fsp3) is 0.615. The van der Waals surface area contributed by atoms with Crippen LogP contribution in [0.1, 0.15) is 38.2 Å². The Balaban J connectivity index is 1.79. The maximum Gasteiger partial charge on any atom is 0.123 e. The molecule has 0 saturated heterocycles. The zero-order valence-electron chi connectivity index (χ0n) is 9.86. The zero-order chi connectivity index (χ0) is 11.4. The summed E-state index contributed by atoms with van der Waals surface area (Å²) in [4.78, 5) is 3.97. The number of anilines is 1. The van der Waals surface area contributed by atoms with E-state index in [9.17, 15) is 0 Å². The molecule has 2 N–H and O–H groups in total. The highest BCUT2D eigenvalue weighted by atomic mass is 16.5. The fourth-order valence-corrected chi connectivity index (χ4v) is 2.19. The molecule has 0 spiro atoms. The monoisotopic (exact) mass is 220 g/mol. The number of nitrogens with zero attached hydrogens (tertiary/aromatic N) is 1. The molecule has 1 aliphatic carbocycles. The molecule has 0 radical (unpaired) electrons. The van der Waals surface area contributed by atoms with E-state index in [2.05, 4.69) is 11.9 Å². The van der Waals surface area contributed by atoms with E-state index >= 15 is 0 Å². The van der Waals surface area contributed by atoms with Crippen LogP contribution in [0, 0.1) is 5.92 Å². The highest BCUT2D eigenvalue weighted by Gasteiger charge is 2.18. The molecule has 1 fully saturated rings. The van der Waals surface area contributed by atoms with Crippen LogP contribution in [0.4, 0.5) is 5.82 Å². The number of pyridine rings is 1. The number of aromatic nitrogens is 1. The van der Waals surface area contributed by atoms with E-state index in [1.165, 1.54) is 25.7 Å². The van der Waals surface area contributed by atoms with E-state index in [1.807, 2.05) is 12.1 Å². The van der Waals surface area contributed by atoms with Crippen molar-refractivity contribution in [1.29, 1.82) is 0 Å². The number of hydrogen-bond acceptors (Lipinski definition) is 3. The Bertz CT molecular complexity index is 332. The summed E-state index contributed by atoms with van der Waals surface area (Å²) in [6.45, 7) is 2.98. The first-order valence-electron chi connectivity index (χ1n) is 6.06. The average Bonchev–Trinajstić information content (AvgIpc) is 2.28. The van der Waals surface area contributed by atoms with Gasteiger partial charge in [0.05, 0.1) is 12.7 Å². The van der Waals surface area contributed by atoms with Gasteiger partial charge in [-0.25, -0.2) is 4.98 Å². The van der Waals surface area contributed by atoms with Crippen molar-refractivity contribution in [3.8, 4) is 0 Å². The lowest BCUT2D eigenvalue weighted by Crippen LogP contribution is -2.20. The van der Waals surface area contributed by atoms with Crippen molar-refractivity contribution < 1.29 is 4.74 Å². The van der Waals surface area contributed by atoms with Crippen LogP contribution in [0.3, 0.4) is 0 Å². The first kappa shape index (κ1) is 11.4. The van der Waals surface area contributed by atoms with Crippen molar-refractivity contribution >= 4 is 5.82 Å². The number of nitrogens with two attached hydrogens (primary N) is 1. The number of nitrogen functional groups attached to an aromatic ring is 1. The van der Waals surface area contributed by atoms with E-state index < -0.39 is 0 Å². The van der Waals surface area contributed by atoms with Crippen molar-refractivity contribution in [1.82, 2.24) is 4.98 Å². The van der Waals surface area contributed by atoms with Crippen LogP contribution in [-0.2, 0) is 11.3 Å². The predicted octanol–water partition coefficient (Wildman–Crippen LogP) is 2.76. The van der Waals surface area contributed by atoms with Crippen LogP contribution < -0.4 is 5.73 Å². The smallest absolute Gasteiger partial charge is 0.123 e. The van der Waals surface area contributed by atoms with Gasteiger partial charge in [-0.3, -0.25) is 0 Å². The molecule has 88 valence electrons. The van der Waals surface area contributed by atoms with E-state index in [4.69, 9.17) is 10.5 Å². The zero-order valence-corrected chi connectivity index (χ0v) is 9.86. The minimum absolute atomic E-state index is 0.436. The van der Waals surface area contributed by atoms with E-state index in [0.29, 0.717) is 18.5 Å². The Morgan fingerprint density at radius 1 is 1.38 bits per heavy atom. The van der Waals surface area contributed by atoms with Crippen LogP contribution >= 0.6 is 0 Å². The third-order valence-electron chi connectivity index (χ3n) is 3.29. The van der Waals surface area contributed by atoms with Crippen LogP contribution in [-0.4, -0.2) is 11.1 Å². The second-order valence-corrected chi connectivity index (χ2v) is 4.78. The summed E-state index contributed by atoms with van der Waals surface area (Å²) >= 11 is 0. The lowest BCUT2D eigenvalue weighted by Gasteiger charge is -2.26. The summed E-state index contributed by atoms with van der Waals surface area (Å²) in [5.74, 6) is 1.44. The summed E-state index contributed by atoms with van der Waals surface area (Å²) in [6, 6.07) is 3.84. The van der Waals surface area contributed by atoms with Crippen molar-refractivity contribution in [2.75, 3.05) is 5.73 Å². The first-order chi connectivity index (χ1) is 7.74. The molecular weight excluding hydrogens is 200 g/mol. The third-order valence-corrected chi connectivity index (χ3v) is 3.29. The van der Waals surface area contributed by atoms with Gasteiger partial charge in [0.2, 0.25) is 0 Å². The molecule has 3 nitrogen and oxygen atoms in total. The van der Waals surface area contributed by atoms with Gasteiger partial charge in [0.15, 0.2) is 0 Å². The van der Waals surface area contributed by atoms with Crippen LogP contribution in [0.15, 0.2) is 18.3 Å². The van der Waals surface area contributed by atoms with Crippen molar-refractivity contribution in [3.63, 3.8) is 0 Å². The molecule has 0 unspecified atom stereocenters. The van der Waals surface area contributed by atoms with Gasteiger partial charge in [0.25, 0.3) is 0 Å². The molecular formula is C13H20N2O. The standard InChI is InChI=1S/C13H20N2O/c1-10-2-4-12(5-3-10)16-9-11-6-7-15-13(14)8-11/h6-8,10,12H,2-5,9H2,1H3,(H2,14,15). The van der Waals surface area contributed by atoms with Gasteiger partial charge >= 0.3 is 0 Å². The molecule has 16 heavy (non-hydrogen) atoms. The fourth-order valence-electron chi connectivity index (χ4n) is 2.19. The minimum Gasteiger partial charge on any atom is -0.384 e. The maximum atomic E-state index is 5.89. The molecule has 1 aromatic heterocycles. The predicted molar refractivity (Wildman–Crippen MR) is 64.9 cm³/mol. The average molecular weight is 220 g/mol. The quantitative estimate of drug-likeness (QED) is 0.852. The Morgan fingerprint density at radius 2 is 2.12 bits per heavy atom. The molecule has 0 aromatic carbocycles. The maximum absolute atomic E-state index is 5.89. The van der Waals surface area contributed by atoms with E-state index in [0.717, 1.165) is 11.5 Å². The van der Waals surface area contributed by atoms with Gasteiger partial charge in [-0.2, -0.15) is 0 Å². The normalized spacial score (nSPS) is 25.6. The highest BCUT2D eigenvalue weighted by molar-refractivity contribution is 5.31. The van der Waals surface area contributed by atoms with Gasteiger partial charge in [0, 0.05) is 6.20 Å². The molecule has 0 amide bonds. The topological polar surface area (TPSA) is 48.1 Å². The van der Waals surface area contributed by atoms with E-state index in [-0.39, 0.29) is 0 Å². The van der Waals surface area contributed by atoms with Crippen molar-refractivity contribution in [2.24, 2.45) is 5.92 Å². The van der Waals surface area contributed by atoms with Crippen LogP contribution in [0.25, 0.3) is 0 Å². The molecule has 1 heterocycles. The second-order valence-electron chi connectivity index (χ2n) is 4.78. The summed E-state index contributed by atoms with van der Waals surface area (Å²) < 4.78 is 5.89. The Labute approximate surface area is 97.0 Å². The Hall–Kier alpha value is -1.09. The molecule has 0 aliphatic heterocycles. The molecule has 2 rings (SSSR count). The van der Waals surface area contributed by atoms with Crippen LogP contribution in [0.2, 0.25) is 0 Å². The number of ether oxygens (including phenoxy) is 1. The largest absolute Gasteiger partial charge is 0.384 e. The van der Waals surface area contributed by atoms with Gasteiger partial charge in [-0.1, -0.05) is 6.92 Å². The molecule has 1 aromatic rings. The lowest BCUT2D eigenvalue weighted by molar-refractivity contribution is 0.00877.